The first kappa shape index (κ1) is 22.5. The van der Waals surface area contributed by atoms with Gasteiger partial charge >= 0.3 is 5.97 Å². The van der Waals surface area contributed by atoms with E-state index in [1.807, 2.05) is 24.3 Å². The van der Waals surface area contributed by atoms with Crippen LogP contribution in [0.25, 0.3) is 0 Å². The van der Waals surface area contributed by atoms with Crippen molar-refractivity contribution in [3.8, 4) is 5.75 Å². The minimum absolute atomic E-state index is 0.213. The SMILES string of the molecule is CCCCCCCCCCCCCCOc1ccc(CC(=O)OC)cc1. The van der Waals surface area contributed by atoms with Crippen LogP contribution in [0.3, 0.4) is 0 Å². The largest absolute Gasteiger partial charge is 0.494 e. The van der Waals surface area contributed by atoms with Gasteiger partial charge in [0.05, 0.1) is 20.1 Å². The molecule has 0 unspecified atom stereocenters. The Morgan fingerprint density at radius 2 is 1.27 bits per heavy atom. The van der Waals surface area contributed by atoms with Crippen LogP contribution in [0.2, 0.25) is 0 Å². The van der Waals surface area contributed by atoms with Crippen LogP contribution in [0.15, 0.2) is 24.3 Å². The van der Waals surface area contributed by atoms with E-state index < -0.39 is 0 Å². The highest BCUT2D eigenvalue weighted by Crippen LogP contribution is 2.15. The number of hydrogen-bond donors (Lipinski definition) is 0. The lowest BCUT2D eigenvalue weighted by Gasteiger charge is -2.07. The fourth-order valence-electron chi connectivity index (χ4n) is 3.08. The molecule has 0 saturated carbocycles. The van der Waals surface area contributed by atoms with Crippen molar-refractivity contribution in [1.29, 1.82) is 0 Å². The van der Waals surface area contributed by atoms with Gasteiger partial charge in [0.1, 0.15) is 5.75 Å². The van der Waals surface area contributed by atoms with Crippen LogP contribution in [0.4, 0.5) is 0 Å². The third-order valence-corrected chi connectivity index (χ3v) is 4.77. The Balaban J connectivity index is 1.92. The van der Waals surface area contributed by atoms with Gasteiger partial charge in [-0.05, 0) is 24.1 Å². The molecule has 3 nitrogen and oxygen atoms in total. The maximum Gasteiger partial charge on any atom is 0.309 e. The second kappa shape index (κ2) is 15.7. The topological polar surface area (TPSA) is 35.5 Å². The van der Waals surface area contributed by atoms with Gasteiger partial charge in [0.2, 0.25) is 0 Å². The average Bonchev–Trinajstić information content (AvgIpc) is 2.66. The number of unbranched alkanes of at least 4 members (excludes halogenated alkanes) is 11. The van der Waals surface area contributed by atoms with Crippen LogP contribution in [-0.2, 0) is 16.0 Å². The molecule has 0 amide bonds. The van der Waals surface area contributed by atoms with E-state index in [1.165, 1.54) is 77.7 Å². The van der Waals surface area contributed by atoms with Gasteiger partial charge in [0.25, 0.3) is 0 Å². The van der Waals surface area contributed by atoms with Crippen LogP contribution >= 0.6 is 0 Å². The Kier molecular flexibility index (Phi) is 13.6. The fraction of sp³-hybridized carbons (Fsp3) is 0.696. The number of hydrogen-bond acceptors (Lipinski definition) is 3. The zero-order valence-electron chi connectivity index (χ0n) is 16.9. The summed E-state index contributed by atoms with van der Waals surface area (Å²) in [6.07, 6.45) is 16.6. The predicted molar refractivity (Wildman–Crippen MR) is 109 cm³/mol. The molecule has 0 saturated heterocycles. The number of carbonyl (C=O) groups excluding carboxylic acids is 1. The number of benzene rings is 1. The highest BCUT2D eigenvalue weighted by atomic mass is 16.5. The lowest BCUT2D eigenvalue weighted by Crippen LogP contribution is -2.04. The van der Waals surface area contributed by atoms with Gasteiger partial charge in [-0.1, -0.05) is 89.7 Å². The number of methoxy groups -OCH3 is 1. The minimum atomic E-state index is -0.213. The van der Waals surface area contributed by atoms with E-state index in [-0.39, 0.29) is 5.97 Å². The second-order valence-electron chi connectivity index (χ2n) is 7.13. The van der Waals surface area contributed by atoms with E-state index in [4.69, 9.17) is 4.74 Å². The van der Waals surface area contributed by atoms with Crippen molar-refractivity contribution in [3.63, 3.8) is 0 Å². The standard InChI is InChI=1S/C23H38O3/c1-3-4-5-6-7-8-9-10-11-12-13-14-19-26-22-17-15-21(16-18-22)20-23(24)25-2/h15-18H,3-14,19-20H2,1-2H3. The molecule has 0 aromatic heterocycles. The van der Waals surface area contributed by atoms with Crippen LogP contribution < -0.4 is 4.74 Å². The molecule has 26 heavy (non-hydrogen) atoms. The normalized spacial score (nSPS) is 10.7. The van der Waals surface area contributed by atoms with E-state index in [0.29, 0.717) is 6.42 Å². The van der Waals surface area contributed by atoms with E-state index in [9.17, 15) is 4.79 Å². The molecule has 1 aromatic carbocycles. The molecule has 148 valence electrons. The number of carbonyl (C=O) groups is 1. The molecule has 0 N–H and O–H groups in total. The monoisotopic (exact) mass is 362 g/mol. The Labute approximate surface area is 160 Å². The molecule has 0 atom stereocenters. The quantitative estimate of drug-likeness (QED) is 0.249. The summed E-state index contributed by atoms with van der Waals surface area (Å²) in [4.78, 5) is 11.2. The first-order valence-electron chi connectivity index (χ1n) is 10.5. The summed E-state index contributed by atoms with van der Waals surface area (Å²) < 4.78 is 10.4. The third-order valence-electron chi connectivity index (χ3n) is 4.77. The number of esters is 1. The van der Waals surface area contributed by atoms with Gasteiger partial charge in [-0.15, -0.1) is 0 Å². The maximum atomic E-state index is 11.2. The van der Waals surface area contributed by atoms with E-state index in [2.05, 4.69) is 11.7 Å². The van der Waals surface area contributed by atoms with Crippen molar-refractivity contribution < 1.29 is 14.3 Å². The molecule has 1 rings (SSSR count). The van der Waals surface area contributed by atoms with Crippen LogP contribution in [0.1, 0.15) is 89.5 Å². The molecule has 1 aromatic rings. The summed E-state index contributed by atoms with van der Waals surface area (Å²) in [5.74, 6) is 0.664. The van der Waals surface area contributed by atoms with Crippen molar-refractivity contribution in [2.75, 3.05) is 13.7 Å². The van der Waals surface area contributed by atoms with E-state index in [0.717, 1.165) is 24.3 Å². The van der Waals surface area contributed by atoms with Gasteiger partial charge in [-0.3, -0.25) is 4.79 Å². The molecule has 0 aliphatic rings. The predicted octanol–water partition coefficient (Wildman–Crippen LogP) is 6.48. The van der Waals surface area contributed by atoms with Gasteiger partial charge in [-0.2, -0.15) is 0 Å². The summed E-state index contributed by atoms with van der Waals surface area (Å²) in [6, 6.07) is 7.71. The molecular weight excluding hydrogens is 324 g/mol. The molecule has 0 heterocycles. The van der Waals surface area contributed by atoms with Crippen molar-refractivity contribution in [1.82, 2.24) is 0 Å². The summed E-state index contributed by atoms with van der Waals surface area (Å²) >= 11 is 0. The Morgan fingerprint density at radius 3 is 1.77 bits per heavy atom. The first-order chi connectivity index (χ1) is 12.8. The third kappa shape index (κ3) is 11.9. The fourth-order valence-corrected chi connectivity index (χ4v) is 3.08. The Hall–Kier alpha value is -1.51. The molecule has 0 aliphatic heterocycles. The summed E-state index contributed by atoms with van der Waals surface area (Å²) in [7, 11) is 1.41. The Morgan fingerprint density at radius 1 is 0.769 bits per heavy atom. The summed E-state index contributed by atoms with van der Waals surface area (Å²) in [5.41, 5.74) is 0.953. The van der Waals surface area contributed by atoms with E-state index >= 15 is 0 Å². The smallest absolute Gasteiger partial charge is 0.309 e. The molecule has 0 fully saturated rings. The molecule has 0 aliphatic carbocycles. The van der Waals surface area contributed by atoms with Gasteiger partial charge in [-0.25, -0.2) is 0 Å². The second-order valence-corrected chi connectivity index (χ2v) is 7.13. The Bertz CT molecular complexity index is 453. The molecule has 3 heteroatoms. The highest BCUT2D eigenvalue weighted by Gasteiger charge is 2.02. The van der Waals surface area contributed by atoms with Gasteiger partial charge in [0.15, 0.2) is 0 Å². The van der Waals surface area contributed by atoms with Crippen molar-refractivity contribution in [3.05, 3.63) is 29.8 Å². The van der Waals surface area contributed by atoms with Crippen LogP contribution in [0.5, 0.6) is 5.75 Å². The van der Waals surface area contributed by atoms with Crippen molar-refractivity contribution in [2.24, 2.45) is 0 Å². The molecule has 0 spiro atoms. The van der Waals surface area contributed by atoms with Crippen LogP contribution in [-0.4, -0.2) is 19.7 Å². The highest BCUT2D eigenvalue weighted by molar-refractivity contribution is 5.72. The van der Waals surface area contributed by atoms with E-state index in [1.54, 1.807) is 0 Å². The summed E-state index contributed by atoms with van der Waals surface area (Å²) in [5, 5.41) is 0. The molecule has 0 radical (unpaired) electrons. The molecular formula is C23H38O3. The number of rotatable bonds is 16. The van der Waals surface area contributed by atoms with Crippen LogP contribution in [0, 0.1) is 0 Å². The lowest BCUT2D eigenvalue weighted by molar-refractivity contribution is -0.139. The zero-order valence-corrected chi connectivity index (χ0v) is 16.9. The molecule has 0 bridgehead atoms. The lowest BCUT2D eigenvalue weighted by atomic mass is 10.1. The number of ether oxygens (including phenoxy) is 2. The average molecular weight is 363 g/mol. The van der Waals surface area contributed by atoms with Gasteiger partial charge in [0, 0.05) is 0 Å². The van der Waals surface area contributed by atoms with Gasteiger partial charge < -0.3 is 9.47 Å². The first-order valence-corrected chi connectivity index (χ1v) is 10.5. The minimum Gasteiger partial charge on any atom is -0.494 e. The van der Waals surface area contributed by atoms with Crippen molar-refractivity contribution in [2.45, 2.75) is 90.4 Å². The maximum absolute atomic E-state index is 11.2. The summed E-state index contributed by atoms with van der Waals surface area (Å²) in [6.45, 7) is 3.04. The zero-order chi connectivity index (χ0) is 18.9. The van der Waals surface area contributed by atoms with Crippen molar-refractivity contribution >= 4 is 5.97 Å².